The molecule has 0 aromatic heterocycles. The van der Waals surface area contributed by atoms with Crippen LogP contribution < -0.4 is 15.8 Å². The molecule has 0 saturated carbocycles. The van der Waals surface area contributed by atoms with E-state index in [0.29, 0.717) is 11.3 Å². The average Bonchev–Trinajstić information content (AvgIpc) is 2.60. The fraction of sp³-hybridized carbons (Fsp3) is 0.333. The topological polar surface area (TPSA) is 47.3 Å². The lowest BCUT2D eigenvalue weighted by Crippen LogP contribution is -2.36. The van der Waals surface area contributed by atoms with Crippen LogP contribution in [-0.4, -0.2) is 13.1 Å². The lowest BCUT2D eigenvalue weighted by molar-refractivity contribution is 0.317. The maximum atomic E-state index is 14.8. The molecular formula is C18H20F2N2O. The van der Waals surface area contributed by atoms with E-state index in [1.165, 1.54) is 12.1 Å². The zero-order valence-corrected chi connectivity index (χ0v) is 12.8. The molecule has 3 N–H and O–H groups in total. The summed E-state index contributed by atoms with van der Waals surface area (Å²) in [6, 6.07) is 10.7. The molecule has 122 valence electrons. The van der Waals surface area contributed by atoms with Gasteiger partial charge in [-0.25, -0.2) is 8.78 Å². The normalized spacial score (nSPS) is 19.3. The van der Waals surface area contributed by atoms with Crippen molar-refractivity contribution in [2.75, 3.05) is 13.1 Å². The van der Waals surface area contributed by atoms with Gasteiger partial charge in [-0.2, -0.15) is 0 Å². The molecule has 2 atom stereocenters. The number of rotatable bonds is 4. The second-order valence-electron chi connectivity index (χ2n) is 5.83. The smallest absolute Gasteiger partial charge is 0.198 e. The van der Waals surface area contributed by atoms with E-state index in [0.717, 1.165) is 25.9 Å². The van der Waals surface area contributed by atoms with Crippen molar-refractivity contribution in [1.29, 1.82) is 0 Å². The molecule has 0 amide bonds. The third-order valence-corrected chi connectivity index (χ3v) is 4.24. The molecule has 1 aliphatic rings. The zero-order valence-electron chi connectivity index (χ0n) is 12.8. The van der Waals surface area contributed by atoms with Gasteiger partial charge < -0.3 is 15.8 Å². The summed E-state index contributed by atoms with van der Waals surface area (Å²) in [5, 5.41) is 3.26. The number of benzene rings is 2. The Morgan fingerprint density at radius 1 is 1.13 bits per heavy atom. The van der Waals surface area contributed by atoms with Crippen LogP contribution in [-0.2, 0) is 0 Å². The van der Waals surface area contributed by atoms with Gasteiger partial charge in [0.25, 0.3) is 0 Å². The Labute approximate surface area is 134 Å². The summed E-state index contributed by atoms with van der Waals surface area (Å²) in [6.45, 7) is 1.70. The Morgan fingerprint density at radius 3 is 2.61 bits per heavy atom. The van der Waals surface area contributed by atoms with E-state index >= 15 is 0 Å². The lowest BCUT2D eigenvalue weighted by atomic mass is 9.87. The van der Waals surface area contributed by atoms with Crippen molar-refractivity contribution in [3.63, 3.8) is 0 Å². The highest BCUT2D eigenvalue weighted by molar-refractivity contribution is 5.38. The first-order valence-corrected chi connectivity index (χ1v) is 7.84. The largest absolute Gasteiger partial charge is 0.451 e. The van der Waals surface area contributed by atoms with Crippen molar-refractivity contribution >= 4 is 0 Å². The maximum absolute atomic E-state index is 14.8. The summed E-state index contributed by atoms with van der Waals surface area (Å²) >= 11 is 0. The minimum Gasteiger partial charge on any atom is -0.451 e. The summed E-state index contributed by atoms with van der Waals surface area (Å²) in [7, 11) is 0. The SMILES string of the molecule is N[C@H](c1ccc(F)c(Oc2ccccc2)c1F)[C@H]1CCCNC1. The number of halogens is 2. The first kappa shape index (κ1) is 15.9. The highest BCUT2D eigenvalue weighted by atomic mass is 19.1. The first-order valence-electron chi connectivity index (χ1n) is 7.84. The van der Waals surface area contributed by atoms with Crippen molar-refractivity contribution in [2.45, 2.75) is 18.9 Å². The third-order valence-electron chi connectivity index (χ3n) is 4.24. The van der Waals surface area contributed by atoms with Crippen molar-refractivity contribution in [3.05, 3.63) is 59.7 Å². The van der Waals surface area contributed by atoms with Crippen LogP contribution in [0.3, 0.4) is 0 Å². The van der Waals surface area contributed by atoms with Crippen molar-refractivity contribution < 1.29 is 13.5 Å². The van der Waals surface area contributed by atoms with E-state index in [-0.39, 0.29) is 5.92 Å². The van der Waals surface area contributed by atoms with E-state index in [9.17, 15) is 8.78 Å². The number of ether oxygens (including phenoxy) is 1. The van der Waals surface area contributed by atoms with Gasteiger partial charge in [0.15, 0.2) is 17.4 Å². The highest BCUT2D eigenvalue weighted by Gasteiger charge is 2.26. The van der Waals surface area contributed by atoms with E-state index in [1.807, 2.05) is 6.07 Å². The van der Waals surface area contributed by atoms with Crippen LogP contribution in [0.1, 0.15) is 24.4 Å². The summed E-state index contributed by atoms with van der Waals surface area (Å²) in [5.74, 6) is -1.33. The van der Waals surface area contributed by atoms with E-state index in [4.69, 9.17) is 10.5 Å². The first-order chi connectivity index (χ1) is 11.2. The number of nitrogens with two attached hydrogens (primary N) is 1. The Hall–Kier alpha value is -1.98. The monoisotopic (exact) mass is 318 g/mol. The van der Waals surface area contributed by atoms with Gasteiger partial charge in [0.05, 0.1) is 0 Å². The van der Waals surface area contributed by atoms with Crippen LogP contribution in [0.2, 0.25) is 0 Å². The molecule has 3 nitrogen and oxygen atoms in total. The average molecular weight is 318 g/mol. The Bertz CT molecular complexity index is 658. The summed E-state index contributed by atoms with van der Waals surface area (Å²) in [6.07, 6.45) is 1.94. The van der Waals surface area contributed by atoms with Gasteiger partial charge in [0.2, 0.25) is 0 Å². The van der Waals surface area contributed by atoms with E-state index in [1.54, 1.807) is 24.3 Å². The molecule has 1 heterocycles. The van der Waals surface area contributed by atoms with Crippen LogP contribution >= 0.6 is 0 Å². The highest BCUT2D eigenvalue weighted by Crippen LogP contribution is 2.34. The molecule has 1 saturated heterocycles. The molecular weight excluding hydrogens is 298 g/mol. The van der Waals surface area contributed by atoms with E-state index < -0.39 is 23.4 Å². The van der Waals surface area contributed by atoms with Crippen LogP contribution in [0, 0.1) is 17.6 Å². The van der Waals surface area contributed by atoms with Crippen molar-refractivity contribution in [3.8, 4) is 11.5 Å². The number of piperidine rings is 1. The predicted molar refractivity (Wildman–Crippen MR) is 85.4 cm³/mol. The third kappa shape index (κ3) is 3.51. The molecule has 2 aromatic carbocycles. The summed E-state index contributed by atoms with van der Waals surface area (Å²) in [5.41, 5.74) is 6.52. The van der Waals surface area contributed by atoms with Gasteiger partial charge in [-0.3, -0.25) is 0 Å². The molecule has 5 heteroatoms. The maximum Gasteiger partial charge on any atom is 0.198 e. The molecule has 0 unspecified atom stereocenters. The molecule has 23 heavy (non-hydrogen) atoms. The van der Waals surface area contributed by atoms with Crippen LogP contribution in [0.25, 0.3) is 0 Å². The Balaban J connectivity index is 1.88. The molecule has 3 rings (SSSR count). The summed E-state index contributed by atoms with van der Waals surface area (Å²) < 4.78 is 34.2. The van der Waals surface area contributed by atoms with Gasteiger partial charge in [-0.15, -0.1) is 0 Å². The van der Waals surface area contributed by atoms with Crippen molar-refractivity contribution in [1.82, 2.24) is 5.32 Å². The molecule has 0 spiro atoms. The van der Waals surface area contributed by atoms with E-state index in [2.05, 4.69) is 5.32 Å². The molecule has 1 aliphatic heterocycles. The fourth-order valence-electron chi connectivity index (χ4n) is 2.94. The molecule has 2 aromatic rings. The van der Waals surface area contributed by atoms with Gasteiger partial charge in [-0.05, 0) is 50.0 Å². The Kier molecular flexibility index (Phi) is 4.88. The van der Waals surface area contributed by atoms with Gasteiger partial charge >= 0.3 is 0 Å². The molecule has 0 bridgehead atoms. The zero-order chi connectivity index (χ0) is 16.2. The summed E-state index contributed by atoms with van der Waals surface area (Å²) in [4.78, 5) is 0. The minimum atomic E-state index is -0.732. The van der Waals surface area contributed by atoms with Crippen molar-refractivity contribution in [2.24, 2.45) is 11.7 Å². The Morgan fingerprint density at radius 2 is 1.91 bits per heavy atom. The minimum absolute atomic E-state index is 0.133. The second-order valence-corrected chi connectivity index (χ2v) is 5.83. The predicted octanol–water partition coefficient (Wildman–Crippen LogP) is 3.76. The van der Waals surface area contributed by atoms with Crippen LogP contribution in [0.15, 0.2) is 42.5 Å². The molecule has 1 fully saturated rings. The van der Waals surface area contributed by atoms with Gasteiger partial charge in [-0.1, -0.05) is 24.3 Å². The quantitative estimate of drug-likeness (QED) is 0.902. The number of nitrogens with one attached hydrogen (secondary N) is 1. The van der Waals surface area contributed by atoms with Crippen LogP contribution in [0.5, 0.6) is 11.5 Å². The second kappa shape index (κ2) is 7.06. The molecule has 0 radical (unpaired) electrons. The standard InChI is InChI=1S/C18H20F2N2O/c19-15-9-8-14(17(21)12-5-4-10-22-11-12)16(20)18(15)23-13-6-2-1-3-7-13/h1-3,6-9,12,17,22H,4-5,10-11,21H2/t12-,17-/m0/s1. The van der Waals surface area contributed by atoms with Gasteiger partial charge in [0, 0.05) is 11.6 Å². The number of hydrogen-bond acceptors (Lipinski definition) is 3. The number of hydrogen-bond donors (Lipinski definition) is 2. The molecule has 0 aliphatic carbocycles. The number of para-hydroxylation sites is 1. The lowest BCUT2D eigenvalue weighted by Gasteiger charge is -2.29. The van der Waals surface area contributed by atoms with Crippen LogP contribution in [0.4, 0.5) is 8.78 Å². The fourth-order valence-corrected chi connectivity index (χ4v) is 2.94. The van der Waals surface area contributed by atoms with Gasteiger partial charge in [0.1, 0.15) is 5.75 Å².